The highest BCUT2D eigenvalue weighted by Gasteiger charge is 2.43. The van der Waals surface area contributed by atoms with Gasteiger partial charge in [-0.2, -0.15) is 5.10 Å². The Morgan fingerprint density at radius 2 is 2.05 bits per heavy atom. The summed E-state index contributed by atoms with van der Waals surface area (Å²) in [6.07, 6.45) is 0.959. The largest absolute Gasteiger partial charge is 0.352 e. The SMILES string of the molecule is Cc1nn(C)c(C)c1CNC(=O)[C@@H]1C[C@@H]1c1ccccc1. The topological polar surface area (TPSA) is 46.9 Å². The van der Waals surface area contributed by atoms with Crippen molar-refractivity contribution in [2.75, 3.05) is 0 Å². The second-order valence-electron chi connectivity index (χ2n) is 5.85. The highest BCUT2D eigenvalue weighted by Crippen LogP contribution is 2.47. The molecule has 1 heterocycles. The van der Waals surface area contributed by atoms with Gasteiger partial charge >= 0.3 is 0 Å². The van der Waals surface area contributed by atoms with Gasteiger partial charge < -0.3 is 5.32 Å². The molecular weight excluding hydrogens is 262 g/mol. The predicted octanol–water partition coefficient (Wildman–Crippen LogP) is 2.46. The van der Waals surface area contributed by atoms with Crippen molar-refractivity contribution in [3.05, 3.63) is 52.8 Å². The smallest absolute Gasteiger partial charge is 0.224 e. The number of hydrogen-bond acceptors (Lipinski definition) is 2. The Hall–Kier alpha value is -2.10. The summed E-state index contributed by atoms with van der Waals surface area (Å²) in [5.74, 6) is 0.679. The molecule has 1 aliphatic rings. The van der Waals surface area contributed by atoms with Gasteiger partial charge in [0.25, 0.3) is 0 Å². The number of aryl methyl sites for hydroxylation is 2. The number of amides is 1. The Balaban J connectivity index is 1.59. The van der Waals surface area contributed by atoms with Gasteiger partial charge in [-0.15, -0.1) is 0 Å². The normalized spacial score (nSPS) is 20.3. The number of nitrogens with zero attached hydrogens (tertiary/aromatic N) is 2. The standard InChI is InChI=1S/C17H21N3O/c1-11-16(12(2)20(3)19-11)10-18-17(21)15-9-14(15)13-7-5-4-6-8-13/h4-8,14-15H,9-10H2,1-3H3,(H,18,21)/t14-,15-/m1/s1. The Morgan fingerprint density at radius 3 is 2.67 bits per heavy atom. The molecule has 0 radical (unpaired) electrons. The zero-order valence-electron chi connectivity index (χ0n) is 12.8. The van der Waals surface area contributed by atoms with Crippen LogP contribution in [0.15, 0.2) is 30.3 Å². The fraction of sp³-hybridized carbons (Fsp3) is 0.412. The van der Waals surface area contributed by atoms with Crippen LogP contribution in [0.5, 0.6) is 0 Å². The minimum Gasteiger partial charge on any atom is -0.352 e. The Morgan fingerprint density at radius 1 is 1.33 bits per heavy atom. The molecular formula is C17H21N3O. The first kappa shape index (κ1) is 13.9. The summed E-state index contributed by atoms with van der Waals surface area (Å²) in [5.41, 5.74) is 4.50. The first-order valence-corrected chi connectivity index (χ1v) is 7.39. The Labute approximate surface area is 125 Å². The molecule has 1 aromatic carbocycles. The molecule has 21 heavy (non-hydrogen) atoms. The summed E-state index contributed by atoms with van der Waals surface area (Å²) in [6, 6.07) is 10.3. The van der Waals surface area contributed by atoms with E-state index in [0.29, 0.717) is 12.5 Å². The average molecular weight is 283 g/mol. The van der Waals surface area contributed by atoms with Gasteiger partial charge in [0.2, 0.25) is 5.91 Å². The molecule has 1 aromatic heterocycles. The molecule has 3 rings (SSSR count). The van der Waals surface area contributed by atoms with Crippen molar-refractivity contribution in [3.8, 4) is 0 Å². The van der Waals surface area contributed by atoms with Crippen LogP contribution in [0.2, 0.25) is 0 Å². The van der Waals surface area contributed by atoms with Gasteiger partial charge in [0.05, 0.1) is 5.69 Å². The summed E-state index contributed by atoms with van der Waals surface area (Å²) in [4.78, 5) is 12.3. The van der Waals surface area contributed by atoms with Gasteiger partial charge in [-0.3, -0.25) is 9.48 Å². The first-order chi connectivity index (χ1) is 10.1. The lowest BCUT2D eigenvalue weighted by atomic mass is 10.1. The van der Waals surface area contributed by atoms with Crippen molar-refractivity contribution in [1.82, 2.24) is 15.1 Å². The van der Waals surface area contributed by atoms with Crippen LogP contribution in [0.25, 0.3) is 0 Å². The number of aromatic nitrogens is 2. The molecule has 2 aromatic rings. The lowest BCUT2D eigenvalue weighted by Crippen LogP contribution is -2.25. The molecule has 0 unspecified atom stereocenters. The average Bonchev–Trinajstić information content (AvgIpc) is 3.24. The summed E-state index contributed by atoms with van der Waals surface area (Å²) in [7, 11) is 1.93. The fourth-order valence-corrected chi connectivity index (χ4v) is 2.93. The van der Waals surface area contributed by atoms with Crippen LogP contribution in [0.1, 0.15) is 34.9 Å². The van der Waals surface area contributed by atoms with Crippen molar-refractivity contribution >= 4 is 5.91 Å². The van der Waals surface area contributed by atoms with E-state index in [2.05, 4.69) is 22.5 Å². The third kappa shape index (κ3) is 2.71. The van der Waals surface area contributed by atoms with Crippen molar-refractivity contribution in [1.29, 1.82) is 0 Å². The Kier molecular flexibility index (Phi) is 3.53. The third-order valence-corrected chi connectivity index (χ3v) is 4.45. The van der Waals surface area contributed by atoms with E-state index in [0.717, 1.165) is 23.4 Å². The van der Waals surface area contributed by atoms with E-state index in [1.54, 1.807) is 0 Å². The van der Waals surface area contributed by atoms with Gasteiger partial charge in [0.15, 0.2) is 0 Å². The quantitative estimate of drug-likeness (QED) is 0.937. The Bertz CT molecular complexity index is 660. The molecule has 2 atom stereocenters. The van der Waals surface area contributed by atoms with Crippen LogP contribution >= 0.6 is 0 Å². The maximum atomic E-state index is 12.3. The molecule has 0 aliphatic heterocycles. The van der Waals surface area contributed by atoms with E-state index >= 15 is 0 Å². The van der Waals surface area contributed by atoms with Gasteiger partial charge in [0, 0.05) is 30.8 Å². The molecule has 1 aliphatic carbocycles. The maximum absolute atomic E-state index is 12.3. The van der Waals surface area contributed by atoms with Crippen molar-refractivity contribution in [3.63, 3.8) is 0 Å². The number of nitrogens with one attached hydrogen (secondary N) is 1. The predicted molar refractivity (Wildman–Crippen MR) is 81.8 cm³/mol. The second kappa shape index (κ2) is 5.35. The van der Waals surface area contributed by atoms with E-state index in [9.17, 15) is 4.79 Å². The lowest BCUT2D eigenvalue weighted by molar-refractivity contribution is -0.122. The van der Waals surface area contributed by atoms with Crippen LogP contribution in [0, 0.1) is 19.8 Å². The first-order valence-electron chi connectivity index (χ1n) is 7.39. The highest BCUT2D eigenvalue weighted by atomic mass is 16.2. The highest BCUT2D eigenvalue weighted by molar-refractivity contribution is 5.82. The molecule has 0 saturated heterocycles. The van der Waals surface area contributed by atoms with E-state index in [-0.39, 0.29) is 11.8 Å². The van der Waals surface area contributed by atoms with Gasteiger partial charge in [-0.05, 0) is 31.7 Å². The monoisotopic (exact) mass is 283 g/mol. The van der Waals surface area contributed by atoms with Crippen molar-refractivity contribution in [2.24, 2.45) is 13.0 Å². The van der Waals surface area contributed by atoms with Crippen LogP contribution in [0.4, 0.5) is 0 Å². The van der Waals surface area contributed by atoms with Crippen molar-refractivity contribution in [2.45, 2.75) is 32.7 Å². The third-order valence-electron chi connectivity index (χ3n) is 4.45. The number of carbonyl (C=O) groups is 1. The van der Waals surface area contributed by atoms with E-state index < -0.39 is 0 Å². The van der Waals surface area contributed by atoms with E-state index in [1.807, 2.05) is 43.8 Å². The van der Waals surface area contributed by atoms with Crippen LogP contribution in [-0.2, 0) is 18.4 Å². The molecule has 4 nitrogen and oxygen atoms in total. The molecule has 1 amide bonds. The molecule has 1 N–H and O–H groups in total. The van der Waals surface area contributed by atoms with Crippen LogP contribution in [-0.4, -0.2) is 15.7 Å². The molecule has 110 valence electrons. The maximum Gasteiger partial charge on any atom is 0.224 e. The fourth-order valence-electron chi connectivity index (χ4n) is 2.93. The number of hydrogen-bond donors (Lipinski definition) is 1. The summed E-state index contributed by atoms with van der Waals surface area (Å²) < 4.78 is 1.86. The van der Waals surface area contributed by atoms with Crippen LogP contribution < -0.4 is 5.32 Å². The molecule has 0 bridgehead atoms. The zero-order valence-corrected chi connectivity index (χ0v) is 12.8. The van der Waals surface area contributed by atoms with E-state index in [1.165, 1.54) is 5.56 Å². The van der Waals surface area contributed by atoms with Gasteiger partial charge in [-0.1, -0.05) is 30.3 Å². The van der Waals surface area contributed by atoms with Gasteiger partial charge in [-0.25, -0.2) is 0 Å². The summed E-state index contributed by atoms with van der Waals surface area (Å²) >= 11 is 0. The molecule has 1 saturated carbocycles. The molecule has 4 heteroatoms. The number of carbonyl (C=O) groups excluding carboxylic acids is 1. The summed E-state index contributed by atoms with van der Waals surface area (Å²) in [5, 5.41) is 7.44. The van der Waals surface area contributed by atoms with Gasteiger partial charge in [0.1, 0.15) is 0 Å². The lowest BCUT2D eigenvalue weighted by Gasteiger charge is -2.06. The number of benzene rings is 1. The summed E-state index contributed by atoms with van der Waals surface area (Å²) in [6.45, 7) is 4.59. The van der Waals surface area contributed by atoms with Crippen molar-refractivity contribution < 1.29 is 4.79 Å². The minimum atomic E-state index is 0.129. The van der Waals surface area contributed by atoms with E-state index in [4.69, 9.17) is 0 Å². The second-order valence-corrected chi connectivity index (χ2v) is 5.85. The van der Waals surface area contributed by atoms with Crippen LogP contribution in [0.3, 0.4) is 0 Å². The minimum absolute atomic E-state index is 0.129. The molecule has 0 spiro atoms. The zero-order chi connectivity index (χ0) is 15.0. The molecule has 1 fully saturated rings. The number of rotatable bonds is 4.